The summed E-state index contributed by atoms with van der Waals surface area (Å²) in [6, 6.07) is 22.3. The molecule has 2 N–H and O–H groups in total. The van der Waals surface area contributed by atoms with Crippen molar-refractivity contribution in [3.63, 3.8) is 0 Å². The first kappa shape index (κ1) is 26.4. The minimum Gasteiger partial charge on any atom is -0.489 e. The van der Waals surface area contributed by atoms with Crippen molar-refractivity contribution in [1.82, 2.24) is 10.2 Å². The van der Waals surface area contributed by atoms with Crippen LogP contribution in [0.5, 0.6) is 5.75 Å². The molecule has 0 saturated carbocycles. The largest absolute Gasteiger partial charge is 0.489 e. The number of halogens is 1. The highest BCUT2D eigenvalue weighted by atomic mass is 35.5. The van der Waals surface area contributed by atoms with Crippen LogP contribution in [0.15, 0.2) is 72.8 Å². The third-order valence-corrected chi connectivity index (χ3v) is 6.51. The number of anilines is 2. The van der Waals surface area contributed by atoms with E-state index in [4.69, 9.17) is 28.6 Å². The van der Waals surface area contributed by atoms with Gasteiger partial charge in [-0.15, -0.1) is 0 Å². The van der Waals surface area contributed by atoms with Gasteiger partial charge in [-0.1, -0.05) is 48.9 Å². The van der Waals surface area contributed by atoms with Crippen LogP contribution >= 0.6 is 23.8 Å². The first-order valence-electron chi connectivity index (χ1n) is 12.1. The monoisotopic (exact) mass is 536 g/mol. The topological polar surface area (TPSA) is 73.9 Å². The second-order valence-corrected chi connectivity index (χ2v) is 9.43. The Balaban J connectivity index is 1.34. The van der Waals surface area contributed by atoms with Gasteiger partial charge in [-0.3, -0.25) is 14.9 Å². The number of benzene rings is 3. The van der Waals surface area contributed by atoms with Gasteiger partial charge in [0.2, 0.25) is 5.91 Å². The molecule has 0 atom stereocenters. The zero-order valence-corrected chi connectivity index (χ0v) is 22.1. The lowest BCUT2D eigenvalue weighted by atomic mass is 10.2. The van der Waals surface area contributed by atoms with Gasteiger partial charge in [-0.2, -0.15) is 0 Å². The van der Waals surface area contributed by atoms with Gasteiger partial charge in [0.05, 0.1) is 11.4 Å². The van der Waals surface area contributed by atoms with Gasteiger partial charge >= 0.3 is 0 Å². The van der Waals surface area contributed by atoms with Crippen molar-refractivity contribution in [3.8, 4) is 5.75 Å². The van der Waals surface area contributed by atoms with Crippen LogP contribution in [0.2, 0.25) is 5.02 Å². The summed E-state index contributed by atoms with van der Waals surface area (Å²) in [5.41, 5.74) is 3.12. The Labute approximate surface area is 227 Å². The van der Waals surface area contributed by atoms with Crippen molar-refractivity contribution in [3.05, 3.63) is 88.9 Å². The molecular formula is C28H29ClN4O3S. The third kappa shape index (κ3) is 7.21. The van der Waals surface area contributed by atoms with Crippen molar-refractivity contribution < 1.29 is 14.3 Å². The van der Waals surface area contributed by atoms with E-state index in [0.29, 0.717) is 61.2 Å². The standard InChI is InChI=1S/C28H29ClN4O3S/c1-2-26(34)33-16-14-32(15-17-33)25-13-10-22(29)18-24(25)30-28(37)31-27(35)21-8-11-23(12-9-21)36-19-20-6-4-3-5-7-20/h3-13,18H,2,14-17,19H2,1H3,(H2,30,31,35,37). The predicted octanol–water partition coefficient (Wildman–Crippen LogP) is 5.10. The van der Waals surface area contributed by atoms with Gasteiger partial charge in [0.15, 0.2) is 5.11 Å². The average molecular weight is 537 g/mol. The Morgan fingerprint density at radius 2 is 1.68 bits per heavy atom. The van der Waals surface area contributed by atoms with Crippen LogP contribution in [0.25, 0.3) is 0 Å². The Kier molecular flexibility index (Phi) is 8.98. The summed E-state index contributed by atoms with van der Waals surface area (Å²) in [7, 11) is 0. The molecule has 1 heterocycles. The van der Waals surface area contributed by atoms with Gasteiger partial charge in [0.1, 0.15) is 12.4 Å². The van der Waals surface area contributed by atoms with E-state index in [2.05, 4.69) is 15.5 Å². The second-order valence-electron chi connectivity index (χ2n) is 8.59. The van der Waals surface area contributed by atoms with Crippen LogP contribution in [0.1, 0.15) is 29.3 Å². The van der Waals surface area contributed by atoms with Gasteiger partial charge in [0, 0.05) is 43.2 Å². The molecule has 1 fully saturated rings. The summed E-state index contributed by atoms with van der Waals surface area (Å²) in [4.78, 5) is 28.8. The second kappa shape index (κ2) is 12.6. The molecule has 4 rings (SSSR count). The van der Waals surface area contributed by atoms with Crippen molar-refractivity contribution in [2.45, 2.75) is 20.0 Å². The van der Waals surface area contributed by atoms with E-state index in [9.17, 15) is 9.59 Å². The molecule has 3 aromatic carbocycles. The molecule has 0 aliphatic carbocycles. The maximum atomic E-state index is 12.8. The first-order chi connectivity index (χ1) is 17.9. The van der Waals surface area contributed by atoms with Crippen LogP contribution in [0.4, 0.5) is 11.4 Å². The molecule has 1 saturated heterocycles. The fourth-order valence-electron chi connectivity index (χ4n) is 4.08. The van der Waals surface area contributed by atoms with Crippen LogP contribution in [-0.2, 0) is 11.4 Å². The van der Waals surface area contributed by atoms with E-state index >= 15 is 0 Å². The number of hydrogen-bond donors (Lipinski definition) is 2. The lowest BCUT2D eigenvalue weighted by Gasteiger charge is -2.37. The lowest BCUT2D eigenvalue weighted by molar-refractivity contribution is -0.131. The molecule has 7 nitrogen and oxygen atoms in total. The highest BCUT2D eigenvalue weighted by molar-refractivity contribution is 7.80. The summed E-state index contributed by atoms with van der Waals surface area (Å²) in [6.07, 6.45) is 0.505. The highest BCUT2D eigenvalue weighted by Crippen LogP contribution is 2.30. The number of rotatable bonds is 7. The van der Waals surface area contributed by atoms with Crippen molar-refractivity contribution in [2.24, 2.45) is 0 Å². The van der Waals surface area contributed by atoms with Gasteiger partial charge in [-0.25, -0.2) is 0 Å². The zero-order chi connectivity index (χ0) is 26.2. The van der Waals surface area contributed by atoms with E-state index in [0.717, 1.165) is 11.3 Å². The zero-order valence-electron chi connectivity index (χ0n) is 20.6. The Morgan fingerprint density at radius 1 is 0.973 bits per heavy atom. The van der Waals surface area contributed by atoms with E-state index in [1.54, 1.807) is 30.3 Å². The number of nitrogens with zero attached hydrogens (tertiary/aromatic N) is 2. The molecular weight excluding hydrogens is 508 g/mol. The Hall–Kier alpha value is -3.62. The van der Waals surface area contributed by atoms with Crippen LogP contribution in [-0.4, -0.2) is 48.0 Å². The quantitative estimate of drug-likeness (QED) is 0.409. The molecule has 0 spiro atoms. The van der Waals surface area contributed by atoms with Gasteiger partial charge in [-0.05, 0) is 60.2 Å². The van der Waals surface area contributed by atoms with Crippen molar-refractivity contribution in [2.75, 3.05) is 36.4 Å². The molecule has 2 amide bonds. The molecule has 1 aliphatic rings. The first-order valence-corrected chi connectivity index (χ1v) is 12.9. The van der Waals surface area contributed by atoms with Crippen LogP contribution in [0.3, 0.4) is 0 Å². The molecule has 37 heavy (non-hydrogen) atoms. The van der Waals surface area contributed by atoms with E-state index in [1.165, 1.54) is 0 Å². The average Bonchev–Trinajstić information content (AvgIpc) is 2.92. The van der Waals surface area contributed by atoms with Crippen molar-refractivity contribution >= 4 is 52.1 Å². The maximum absolute atomic E-state index is 12.8. The fraction of sp³-hybridized carbons (Fsp3) is 0.250. The molecule has 0 aromatic heterocycles. The number of carbonyl (C=O) groups excluding carboxylic acids is 2. The molecule has 192 valence electrons. The molecule has 0 bridgehead atoms. The summed E-state index contributed by atoms with van der Waals surface area (Å²) in [5.74, 6) is 0.501. The number of hydrogen-bond acceptors (Lipinski definition) is 5. The fourth-order valence-corrected chi connectivity index (χ4v) is 4.45. The van der Waals surface area contributed by atoms with E-state index < -0.39 is 0 Å². The molecule has 0 unspecified atom stereocenters. The molecule has 9 heteroatoms. The number of piperazine rings is 1. The Morgan fingerprint density at radius 3 is 2.35 bits per heavy atom. The third-order valence-electron chi connectivity index (χ3n) is 6.07. The minimum absolute atomic E-state index is 0.161. The molecule has 3 aromatic rings. The van der Waals surface area contributed by atoms with Crippen molar-refractivity contribution in [1.29, 1.82) is 0 Å². The van der Waals surface area contributed by atoms with E-state index in [-0.39, 0.29) is 16.9 Å². The highest BCUT2D eigenvalue weighted by Gasteiger charge is 2.22. The van der Waals surface area contributed by atoms with Gasteiger partial charge in [0.25, 0.3) is 5.91 Å². The molecule has 0 radical (unpaired) electrons. The summed E-state index contributed by atoms with van der Waals surface area (Å²) >= 11 is 11.7. The number of thiocarbonyl (C=S) groups is 1. The molecule has 1 aliphatic heterocycles. The number of ether oxygens (including phenoxy) is 1. The lowest BCUT2D eigenvalue weighted by Crippen LogP contribution is -2.48. The maximum Gasteiger partial charge on any atom is 0.257 e. The number of nitrogens with one attached hydrogen (secondary N) is 2. The predicted molar refractivity (Wildman–Crippen MR) is 151 cm³/mol. The van der Waals surface area contributed by atoms with Gasteiger partial charge < -0.3 is 19.9 Å². The van der Waals surface area contributed by atoms with Crippen LogP contribution in [0, 0.1) is 0 Å². The SMILES string of the molecule is CCC(=O)N1CCN(c2ccc(Cl)cc2NC(=S)NC(=O)c2ccc(OCc3ccccc3)cc2)CC1. The number of amides is 2. The van der Waals surface area contributed by atoms with E-state index in [1.807, 2.05) is 54.3 Å². The number of carbonyl (C=O) groups is 2. The summed E-state index contributed by atoms with van der Waals surface area (Å²) in [5, 5.41) is 6.55. The smallest absolute Gasteiger partial charge is 0.257 e. The Bertz CT molecular complexity index is 1250. The van der Waals surface area contributed by atoms with Crippen LogP contribution < -0.4 is 20.3 Å². The normalized spacial score (nSPS) is 13.1. The summed E-state index contributed by atoms with van der Waals surface area (Å²) < 4.78 is 5.79. The summed E-state index contributed by atoms with van der Waals surface area (Å²) in [6.45, 7) is 5.02. The minimum atomic E-state index is -0.331.